The summed E-state index contributed by atoms with van der Waals surface area (Å²) in [6.45, 7) is 8.70. The van der Waals surface area contributed by atoms with Crippen LogP contribution in [-0.2, 0) is 6.54 Å². The second-order valence-corrected chi connectivity index (χ2v) is 19.0. The van der Waals surface area contributed by atoms with Crippen molar-refractivity contribution in [2.45, 2.75) is 34.2 Å². The van der Waals surface area contributed by atoms with E-state index < -0.39 is 0 Å². The van der Waals surface area contributed by atoms with E-state index in [1.54, 1.807) is 6.20 Å². The minimum absolute atomic E-state index is 0.420. The van der Waals surface area contributed by atoms with E-state index in [1.165, 1.54) is 16.3 Å². The van der Waals surface area contributed by atoms with E-state index in [1.807, 2.05) is 112 Å². The molecule has 4 aromatic heterocycles. The second kappa shape index (κ2) is 23.4. The highest BCUT2D eigenvalue weighted by atomic mass is 16.3. The summed E-state index contributed by atoms with van der Waals surface area (Å²) < 4.78 is 8.41. The third kappa shape index (κ3) is 10.9. The highest BCUT2D eigenvalue weighted by Crippen LogP contribution is 2.41. The lowest BCUT2D eigenvalue weighted by Gasteiger charge is -2.27. The Hall–Kier alpha value is -10.2. The van der Waals surface area contributed by atoms with Crippen molar-refractivity contribution in [3.8, 4) is 28.1 Å². The van der Waals surface area contributed by atoms with E-state index in [2.05, 4.69) is 185 Å². The molecule has 0 saturated carbocycles. The molecule has 0 unspecified atom stereocenters. The molecule has 0 aliphatic heterocycles. The number of pyridine rings is 2. The van der Waals surface area contributed by atoms with Crippen LogP contribution in [0.25, 0.3) is 71.8 Å². The van der Waals surface area contributed by atoms with Crippen molar-refractivity contribution in [2.75, 3.05) is 4.90 Å². The normalized spacial score (nSPS) is 11.5. The summed E-state index contributed by atoms with van der Waals surface area (Å²) in [6.07, 6.45) is 5.43. The molecular formula is C71H59N7O. The van der Waals surface area contributed by atoms with Gasteiger partial charge in [0.15, 0.2) is 11.4 Å². The number of fused-ring (bicyclic) bond motifs is 6. The summed E-state index contributed by atoms with van der Waals surface area (Å²) in [5, 5.41) is 4.54. The van der Waals surface area contributed by atoms with Gasteiger partial charge in [-0.3, -0.25) is 15.0 Å². The zero-order chi connectivity index (χ0) is 54.1. The van der Waals surface area contributed by atoms with Crippen LogP contribution in [0.1, 0.15) is 41.7 Å². The number of para-hydroxylation sites is 3. The molecule has 13 aromatic rings. The van der Waals surface area contributed by atoms with Crippen molar-refractivity contribution in [1.29, 1.82) is 0 Å². The predicted octanol–water partition coefficient (Wildman–Crippen LogP) is 18.0. The molecule has 2 N–H and O–H groups in total. The smallest absolute Gasteiger partial charge is 0.157 e. The van der Waals surface area contributed by atoms with Crippen molar-refractivity contribution in [1.82, 2.24) is 14.5 Å². The maximum absolute atomic E-state index is 6.59. The minimum Gasteiger partial charge on any atom is -0.454 e. The highest BCUT2D eigenvalue weighted by Gasteiger charge is 2.19. The number of benzene rings is 9. The number of aliphatic imine (C=N–C) groups is 2. The van der Waals surface area contributed by atoms with E-state index in [-0.39, 0.29) is 0 Å². The Morgan fingerprint density at radius 3 is 1.86 bits per heavy atom. The molecule has 0 aliphatic rings. The van der Waals surface area contributed by atoms with Gasteiger partial charge in [-0.25, -0.2) is 4.99 Å². The van der Waals surface area contributed by atoms with Crippen LogP contribution < -0.4 is 10.6 Å². The molecule has 8 heteroatoms. The molecule has 0 fully saturated rings. The van der Waals surface area contributed by atoms with Crippen molar-refractivity contribution in [3.05, 3.63) is 289 Å². The molecule has 0 atom stereocenters. The van der Waals surface area contributed by atoms with Gasteiger partial charge in [0.2, 0.25) is 0 Å². The molecule has 8 nitrogen and oxygen atoms in total. The summed E-state index contributed by atoms with van der Waals surface area (Å²) in [7, 11) is 0. The molecule has 384 valence electrons. The molecule has 0 amide bonds. The van der Waals surface area contributed by atoms with Crippen LogP contribution in [0.15, 0.2) is 276 Å². The number of hydrogen-bond acceptors (Lipinski definition) is 5. The first-order valence-electron chi connectivity index (χ1n) is 26.7. The number of aromatic nitrogens is 3. The molecule has 0 bridgehead atoms. The number of nitrogens with two attached hydrogens (primary N) is 1. The van der Waals surface area contributed by atoms with Gasteiger partial charge in [0.05, 0.1) is 29.5 Å². The zero-order valence-corrected chi connectivity index (χ0v) is 44.7. The molecule has 0 radical (unpaired) electrons. The Morgan fingerprint density at radius 2 is 1.15 bits per heavy atom. The van der Waals surface area contributed by atoms with Crippen LogP contribution in [0.5, 0.6) is 0 Å². The van der Waals surface area contributed by atoms with Crippen LogP contribution >= 0.6 is 0 Å². The third-order valence-corrected chi connectivity index (χ3v) is 13.9. The highest BCUT2D eigenvalue weighted by molar-refractivity contribution is 6.12. The summed E-state index contributed by atoms with van der Waals surface area (Å²) >= 11 is 0. The SMILES string of the molecule is CC.Cc1cc(-c2ccc3c4ccccc4n(-c4ccc(C(N=C(N)c5ccccc5)=NCc5ccccc5)cc4)c3c2)ccc1N(c1ccccc1)c1ccc(-c2cc3c(cn2)oc2ccccc23)cc1.Cc1cccnc1. The quantitative estimate of drug-likeness (QED) is 0.109. The van der Waals surface area contributed by atoms with Gasteiger partial charge in [0.25, 0.3) is 0 Å². The van der Waals surface area contributed by atoms with Crippen molar-refractivity contribution in [3.63, 3.8) is 0 Å². The number of hydrogen-bond donors (Lipinski definition) is 1. The Bertz CT molecular complexity index is 4240. The Balaban J connectivity index is 0.000000676. The molecule has 0 aliphatic carbocycles. The fraction of sp³-hybridized carbons (Fsp3) is 0.0704. The average Bonchev–Trinajstić information content (AvgIpc) is 4.30. The lowest BCUT2D eigenvalue weighted by atomic mass is 9.99. The summed E-state index contributed by atoms with van der Waals surface area (Å²) in [5.41, 5.74) is 24.2. The second-order valence-electron chi connectivity index (χ2n) is 19.0. The topological polar surface area (TPSA) is 97.8 Å². The van der Waals surface area contributed by atoms with E-state index in [9.17, 15) is 0 Å². The number of aryl methyl sites for hydroxylation is 2. The number of furan rings is 1. The molecule has 0 spiro atoms. The van der Waals surface area contributed by atoms with Crippen LogP contribution in [-0.4, -0.2) is 26.2 Å². The summed E-state index contributed by atoms with van der Waals surface area (Å²) in [4.78, 5) is 20.9. The first kappa shape index (κ1) is 51.0. The monoisotopic (exact) mass is 1030 g/mol. The Labute approximate surface area is 461 Å². The fourth-order valence-electron chi connectivity index (χ4n) is 10.0. The van der Waals surface area contributed by atoms with Gasteiger partial charge < -0.3 is 19.6 Å². The number of rotatable bonds is 10. The standard InChI is InChI=1S/C63H46N6O.C6H7N.C2H6/c1-42-37-47(30-36-57(42)68(49-19-9-4-10-20-49)50-31-25-44(26-32-50)56-39-55-54-22-12-14-24-60(54)70-61(55)41-65-56)48-29-35-53-52-21-11-13-23-58(52)69(59(53)38-48)51-33-27-46(28-34-51)63(66-40-43-15-5-2-6-16-43)67-62(64)45-17-7-3-8-18-45;1-6-3-2-4-7-5-6;1-2/h2-39,41H,40H2,1H3,(H2,64,66,67);2-5H,1H3;1-2H3. The van der Waals surface area contributed by atoms with Gasteiger partial charge in [-0.15, -0.1) is 0 Å². The predicted molar refractivity (Wildman–Crippen MR) is 330 cm³/mol. The number of nitrogens with zero attached hydrogens (tertiary/aromatic N) is 6. The molecule has 4 heterocycles. The van der Waals surface area contributed by atoms with Crippen LogP contribution in [0, 0.1) is 13.8 Å². The minimum atomic E-state index is 0.420. The van der Waals surface area contributed by atoms with E-state index in [4.69, 9.17) is 25.1 Å². The van der Waals surface area contributed by atoms with E-state index in [0.29, 0.717) is 18.2 Å². The van der Waals surface area contributed by atoms with Gasteiger partial charge in [0, 0.05) is 73.4 Å². The van der Waals surface area contributed by atoms with Gasteiger partial charge in [-0.2, -0.15) is 0 Å². The first-order chi connectivity index (χ1) is 38.9. The lowest BCUT2D eigenvalue weighted by Crippen LogP contribution is -2.16. The first-order valence-corrected chi connectivity index (χ1v) is 26.7. The van der Waals surface area contributed by atoms with Crippen molar-refractivity contribution < 1.29 is 4.42 Å². The van der Waals surface area contributed by atoms with Crippen molar-refractivity contribution in [2.24, 2.45) is 15.7 Å². The summed E-state index contributed by atoms with van der Waals surface area (Å²) in [5.74, 6) is 1.00. The molecule has 13 rings (SSSR count). The number of anilines is 3. The maximum atomic E-state index is 6.59. The Morgan fingerprint density at radius 1 is 0.519 bits per heavy atom. The van der Waals surface area contributed by atoms with Crippen molar-refractivity contribution >= 4 is 72.5 Å². The third-order valence-electron chi connectivity index (χ3n) is 13.9. The van der Waals surface area contributed by atoms with Gasteiger partial charge in [0.1, 0.15) is 11.4 Å². The average molecular weight is 1030 g/mol. The Kier molecular flexibility index (Phi) is 15.1. The molecular weight excluding hydrogens is 967 g/mol. The number of amidine groups is 2. The van der Waals surface area contributed by atoms with Gasteiger partial charge in [-0.1, -0.05) is 166 Å². The molecule has 0 saturated heterocycles. The fourth-order valence-corrected chi connectivity index (χ4v) is 10.0. The summed E-state index contributed by atoms with van der Waals surface area (Å²) in [6, 6.07) is 84.2. The van der Waals surface area contributed by atoms with E-state index >= 15 is 0 Å². The molecule has 9 aromatic carbocycles. The maximum Gasteiger partial charge on any atom is 0.157 e. The van der Waals surface area contributed by atoms with Gasteiger partial charge in [-0.05, 0) is 133 Å². The molecule has 79 heavy (non-hydrogen) atoms. The van der Waals surface area contributed by atoms with Gasteiger partial charge >= 0.3 is 0 Å². The van der Waals surface area contributed by atoms with Crippen LogP contribution in [0.3, 0.4) is 0 Å². The largest absolute Gasteiger partial charge is 0.454 e. The van der Waals surface area contributed by atoms with Crippen LogP contribution in [0.2, 0.25) is 0 Å². The zero-order valence-electron chi connectivity index (χ0n) is 44.7. The lowest BCUT2D eigenvalue weighted by molar-refractivity contribution is 0.667. The van der Waals surface area contributed by atoms with E-state index in [0.717, 1.165) is 100 Å². The van der Waals surface area contributed by atoms with Crippen LogP contribution in [0.4, 0.5) is 17.1 Å².